The lowest BCUT2D eigenvalue weighted by molar-refractivity contribution is -0.160. The Morgan fingerprint density at radius 3 is 2.84 bits per heavy atom. The van der Waals surface area contributed by atoms with Crippen molar-refractivity contribution in [1.82, 2.24) is 4.98 Å². The highest BCUT2D eigenvalue weighted by Crippen LogP contribution is 2.52. The lowest BCUT2D eigenvalue weighted by Gasteiger charge is -2.20. The van der Waals surface area contributed by atoms with Crippen LogP contribution in [-0.2, 0) is 35.8 Å². The number of ether oxygens (including phenoxy) is 4. The van der Waals surface area contributed by atoms with E-state index in [-0.39, 0.29) is 12.8 Å². The van der Waals surface area contributed by atoms with Gasteiger partial charge in [-0.1, -0.05) is 25.1 Å². The third-order valence-corrected chi connectivity index (χ3v) is 6.72. The Bertz CT molecular complexity index is 974. The zero-order valence-corrected chi connectivity index (χ0v) is 18.8. The summed E-state index contributed by atoms with van der Waals surface area (Å²) in [5.74, 6) is -0.241. The molecule has 0 aliphatic carbocycles. The molecule has 7 nitrogen and oxygen atoms in total. The largest absolute Gasteiger partial charge is 0.496 e. The molecule has 2 fully saturated rings. The molecule has 3 heterocycles. The third-order valence-electron chi connectivity index (χ3n) is 5.87. The highest BCUT2D eigenvalue weighted by atomic mass is 32.1. The summed E-state index contributed by atoms with van der Waals surface area (Å²) in [7, 11) is 1.64. The van der Waals surface area contributed by atoms with Crippen LogP contribution < -0.4 is 4.74 Å². The smallest absolute Gasteiger partial charge is 0.324 e. The van der Waals surface area contributed by atoms with Crippen LogP contribution in [0.1, 0.15) is 49.4 Å². The number of esters is 2. The lowest BCUT2D eigenvalue weighted by Crippen LogP contribution is -2.32. The second kappa shape index (κ2) is 8.59. The number of nitrogens with zero attached hydrogens (tertiary/aromatic N) is 1. The van der Waals surface area contributed by atoms with Gasteiger partial charge in [-0.2, -0.15) is 0 Å². The van der Waals surface area contributed by atoms with Crippen molar-refractivity contribution < 1.29 is 28.5 Å². The minimum Gasteiger partial charge on any atom is -0.496 e. The average Bonchev–Trinajstić information content (AvgIpc) is 3.41. The van der Waals surface area contributed by atoms with Gasteiger partial charge in [0.1, 0.15) is 11.9 Å². The van der Waals surface area contributed by atoms with Crippen LogP contribution in [0.25, 0.3) is 0 Å². The fourth-order valence-electron chi connectivity index (χ4n) is 4.32. The minimum atomic E-state index is -1.28. The first-order chi connectivity index (χ1) is 14.9. The van der Waals surface area contributed by atoms with Crippen molar-refractivity contribution in [3.8, 4) is 5.75 Å². The van der Waals surface area contributed by atoms with Gasteiger partial charge in [0.05, 0.1) is 24.4 Å². The van der Waals surface area contributed by atoms with Crippen LogP contribution in [0.2, 0.25) is 0 Å². The van der Waals surface area contributed by atoms with Crippen LogP contribution in [0.4, 0.5) is 0 Å². The number of carbonyl (C=O) groups is 2. The number of benzene rings is 1. The van der Waals surface area contributed by atoms with Crippen LogP contribution >= 0.6 is 11.3 Å². The van der Waals surface area contributed by atoms with Crippen LogP contribution in [0, 0.1) is 5.41 Å². The Labute approximate surface area is 185 Å². The van der Waals surface area contributed by atoms with E-state index in [0.717, 1.165) is 22.7 Å². The number of carbonyl (C=O) groups excluding carboxylic acids is 2. The molecule has 0 saturated carbocycles. The molecule has 0 unspecified atom stereocenters. The molecule has 3 atom stereocenters. The summed E-state index contributed by atoms with van der Waals surface area (Å²) in [5, 5.41) is 2.79. The molecule has 1 aromatic heterocycles. The maximum absolute atomic E-state index is 12.8. The number of hydrogen-bond donors (Lipinski definition) is 0. The quantitative estimate of drug-likeness (QED) is 0.348. The molecule has 0 N–H and O–H groups in total. The van der Waals surface area contributed by atoms with Crippen molar-refractivity contribution in [2.24, 2.45) is 5.41 Å². The zero-order valence-electron chi connectivity index (χ0n) is 18.0. The molecular weight excluding hydrogens is 418 g/mol. The normalized spacial score (nSPS) is 27.5. The maximum atomic E-state index is 12.8. The van der Waals surface area contributed by atoms with Crippen molar-refractivity contribution in [1.29, 1.82) is 0 Å². The summed E-state index contributed by atoms with van der Waals surface area (Å²) in [4.78, 5) is 30.3. The first kappa shape index (κ1) is 21.8. The zero-order chi connectivity index (χ0) is 22.1. The monoisotopic (exact) mass is 445 g/mol. The van der Waals surface area contributed by atoms with Gasteiger partial charge >= 0.3 is 11.9 Å². The molecule has 2 aliphatic rings. The SMILES string of the molecule is CCCOC[C@@H]1C[C@@]2(C[C@@](C)(c3csc(Cc4ccccc4OC)n3)OC2=O)C(=O)O1. The number of methoxy groups -OCH3 is 1. The van der Waals surface area contributed by atoms with Gasteiger partial charge in [-0.3, -0.25) is 9.59 Å². The molecule has 1 aromatic carbocycles. The predicted molar refractivity (Wildman–Crippen MR) is 114 cm³/mol. The Morgan fingerprint density at radius 1 is 1.26 bits per heavy atom. The van der Waals surface area contributed by atoms with E-state index >= 15 is 0 Å². The highest BCUT2D eigenvalue weighted by Gasteiger charge is 2.65. The molecule has 2 saturated heterocycles. The van der Waals surface area contributed by atoms with Gasteiger partial charge in [-0.15, -0.1) is 11.3 Å². The third kappa shape index (κ3) is 4.06. The minimum absolute atomic E-state index is 0.222. The predicted octanol–water partition coefficient (Wildman–Crippen LogP) is 3.63. The molecule has 0 bridgehead atoms. The number of para-hydroxylation sites is 1. The fourth-order valence-corrected chi connectivity index (χ4v) is 5.26. The Kier molecular flexibility index (Phi) is 6.03. The summed E-state index contributed by atoms with van der Waals surface area (Å²) in [5.41, 5.74) is -0.553. The van der Waals surface area contributed by atoms with Gasteiger partial charge in [0.15, 0.2) is 11.0 Å². The topological polar surface area (TPSA) is 84.0 Å². The summed E-state index contributed by atoms with van der Waals surface area (Å²) in [6.07, 6.45) is 1.57. The molecule has 1 spiro atoms. The van der Waals surface area contributed by atoms with Crippen molar-refractivity contribution >= 4 is 23.3 Å². The van der Waals surface area contributed by atoms with Gasteiger partial charge in [-0.25, -0.2) is 4.98 Å². The summed E-state index contributed by atoms with van der Waals surface area (Å²) >= 11 is 1.50. The van der Waals surface area contributed by atoms with E-state index in [9.17, 15) is 9.59 Å². The summed E-state index contributed by atoms with van der Waals surface area (Å²) in [6.45, 7) is 4.72. The molecule has 31 heavy (non-hydrogen) atoms. The van der Waals surface area contributed by atoms with E-state index in [0.29, 0.717) is 25.3 Å². The summed E-state index contributed by atoms with van der Waals surface area (Å²) in [6, 6.07) is 7.80. The maximum Gasteiger partial charge on any atom is 0.324 e. The standard InChI is InChI=1S/C23H27NO6S/c1-4-9-28-12-16-11-23(20(25)29-16)14-22(2,30-21(23)26)18-13-31-19(24-18)10-15-7-5-6-8-17(15)27-3/h5-8,13,16H,4,9-12,14H2,1-3H3/t16-,22-,23+/m0/s1. The molecule has 4 rings (SSSR count). The van der Waals surface area contributed by atoms with E-state index in [1.54, 1.807) is 7.11 Å². The molecule has 8 heteroatoms. The Hall–Kier alpha value is -2.45. The summed E-state index contributed by atoms with van der Waals surface area (Å²) < 4.78 is 22.2. The average molecular weight is 446 g/mol. The van der Waals surface area contributed by atoms with Gasteiger partial charge < -0.3 is 18.9 Å². The van der Waals surface area contributed by atoms with E-state index < -0.39 is 29.1 Å². The Balaban J connectivity index is 1.50. The molecule has 2 aromatic rings. The van der Waals surface area contributed by atoms with Gasteiger partial charge in [0.2, 0.25) is 0 Å². The van der Waals surface area contributed by atoms with Crippen LogP contribution in [0.15, 0.2) is 29.6 Å². The number of cyclic esters (lactones) is 2. The first-order valence-corrected chi connectivity index (χ1v) is 11.4. The molecule has 0 amide bonds. The number of aromatic nitrogens is 1. The fraction of sp³-hybridized carbons (Fsp3) is 0.522. The van der Waals surface area contributed by atoms with Crippen LogP contribution in [-0.4, -0.2) is 43.4 Å². The second-order valence-electron chi connectivity index (χ2n) is 8.30. The van der Waals surface area contributed by atoms with E-state index in [1.807, 2.05) is 43.5 Å². The number of hydrogen-bond acceptors (Lipinski definition) is 8. The van der Waals surface area contributed by atoms with Gasteiger partial charge in [-0.05, 0) is 19.4 Å². The molecular formula is C23H27NO6S. The first-order valence-electron chi connectivity index (χ1n) is 10.5. The number of thiazole rings is 1. The van der Waals surface area contributed by atoms with Crippen molar-refractivity contribution in [3.05, 3.63) is 45.9 Å². The van der Waals surface area contributed by atoms with Crippen LogP contribution in [0.5, 0.6) is 5.75 Å². The lowest BCUT2D eigenvalue weighted by atomic mass is 9.78. The second-order valence-corrected chi connectivity index (χ2v) is 9.24. The Morgan fingerprint density at radius 2 is 2.06 bits per heavy atom. The van der Waals surface area contributed by atoms with Crippen LogP contribution in [0.3, 0.4) is 0 Å². The van der Waals surface area contributed by atoms with E-state index in [4.69, 9.17) is 23.9 Å². The van der Waals surface area contributed by atoms with Gasteiger partial charge in [0.25, 0.3) is 0 Å². The van der Waals surface area contributed by atoms with Crippen molar-refractivity contribution in [3.63, 3.8) is 0 Å². The van der Waals surface area contributed by atoms with E-state index in [1.165, 1.54) is 11.3 Å². The van der Waals surface area contributed by atoms with Crippen molar-refractivity contribution in [2.75, 3.05) is 20.3 Å². The highest BCUT2D eigenvalue weighted by molar-refractivity contribution is 7.09. The molecule has 166 valence electrons. The van der Waals surface area contributed by atoms with E-state index in [2.05, 4.69) is 0 Å². The van der Waals surface area contributed by atoms with Crippen molar-refractivity contribution in [2.45, 2.75) is 51.2 Å². The molecule has 0 radical (unpaired) electrons. The van der Waals surface area contributed by atoms with Gasteiger partial charge in [0, 0.05) is 36.8 Å². The molecule has 2 aliphatic heterocycles. The number of rotatable bonds is 8.